The largest absolute Gasteiger partial charge is 0.491 e. The summed E-state index contributed by atoms with van der Waals surface area (Å²) < 4.78 is 65.8. The lowest BCUT2D eigenvalue weighted by Gasteiger charge is -2.37. The molecular formula is C27H34F5N3O4. The third-order valence-corrected chi connectivity index (χ3v) is 6.11. The molecule has 2 aromatic carbocycles. The van der Waals surface area contributed by atoms with Gasteiger partial charge in [-0.1, -0.05) is 18.2 Å². The number of rotatable bonds is 7. The highest BCUT2D eigenvalue weighted by Gasteiger charge is 2.38. The number of hydrogen-bond donors (Lipinski definition) is 2. The number of carboxylic acid groups (broad SMARTS) is 1. The number of urea groups is 1. The Morgan fingerprint density at radius 2 is 1.67 bits per heavy atom. The summed E-state index contributed by atoms with van der Waals surface area (Å²) in [4.78, 5) is 26.0. The Hall–Kier alpha value is -3.41. The number of carboxylic acids is 1. The Balaban J connectivity index is 0.000000673. The van der Waals surface area contributed by atoms with Crippen molar-refractivity contribution in [2.45, 2.75) is 65.0 Å². The van der Waals surface area contributed by atoms with Gasteiger partial charge in [-0.25, -0.2) is 18.4 Å². The van der Waals surface area contributed by atoms with E-state index in [2.05, 4.69) is 17.3 Å². The molecule has 0 spiro atoms. The second kappa shape index (κ2) is 14.1. The first-order valence-electron chi connectivity index (χ1n) is 12.4. The molecule has 0 unspecified atom stereocenters. The standard InChI is InChI=1S/C25H33F2N3O2.C2HF3O2/c1-17(2)32-22-8-5-19(6-9-22)15-28-25(31)30(21-11-13-29(4)14-12-21)16-20-7-10-23(26)18(3)24(20)27;3-2(4,5)1(6)7/h5-10,17,21H,11-16H2,1-4H3,(H,28,31);(H,6,7). The average Bonchev–Trinajstić information content (AvgIpc) is 2.86. The second-order valence-corrected chi connectivity index (χ2v) is 9.58. The molecule has 1 aliphatic rings. The molecule has 1 heterocycles. The zero-order valence-electron chi connectivity index (χ0n) is 22.3. The molecule has 0 radical (unpaired) electrons. The minimum absolute atomic E-state index is 0.00206. The van der Waals surface area contributed by atoms with Gasteiger partial charge >= 0.3 is 18.2 Å². The number of amides is 2. The van der Waals surface area contributed by atoms with Gasteiger partial charge in [0.15, 0.2) is 0 Å². The Bertz CT molecular complexity index is 1100. The van der Waals surface area contributed by atoms with E-state index >= 15 is 0 Å². The van der Waals surface area contributed by atoms with Crippen molar-refractivity contribution in [3.8, 4) is 5.75 Å². The molecule has 0 bridgehead atoms. The van der Waals surface area contributed by atoms with Gasteiger partial charge in [0.1, 0.15) is 17.4 Å². The van der Waals surface area contributed by atoms with E-state index in [9.17, 15) is 26.7 Å². The predicted octanol–water partition coefficient (Wildman–Crippen LogP) is 5.50. The van der Waals surface area contributed by atoms with E-state index in [1.54, 1.807) is 4.90 Å². The van der Waals surface area contributed by atoms with Crippen molar-refractivity contribution in [3.63, 3.8) is 0 Å². The van der Waals surface area contributed by atoms with Crippen LogP contribution in [-0.4, -0.2) is 65.4 Å². The minimum Gasteiger partial charge on any atom is -0.491 e. The number of ether oxygens (including phenoxy) is 1. The highest BCUT2D eigenvalue weighted by Crippen LogP contribution is 2.23. The fourth-order valence-corrected chi connectivity index (χ4v) is 3.93. The molecule has 7 nitrogen and oxygen atoms in total. The van der Waals surface area contributed by atoms with Crippen LogP contribution < -0.4 is 10.1 Å². The number of likely N-dealkylation sites (tertiary alicyclic amines) is 1. The van der Waals surface area contributed by atoms with Gasteiger partial charge < -0.3 is 25.0 Å². The second-order valence-electron chi connectivity index (χ2n) is 9.58. The van der Waals surface area contributed by atoms with E-state index in [4.69, 9.17) is 14.6 Å². The summed E-state index contributed by atoms with van der Waals surface area (Å²) in [6.45, 7) is 7.56. The lowest BCUT2D eigenvalue weighted by atomic mass is 10.0. The van der Waals surface area contributed by atoms with Crippen LogP contribution in [0.5, 0.6) is 5.75 Å². The number of nitrogens with zero attached hydrogens (tertiary/aromatic N) is 2. The lowest BCUT2D eigenvalue weighted by Crippen LogP contribution is -2.49. The number of benzene rings is 2. The molecule has 12 heteroatoms. The number of alkyl halides is 3. The van der Waals surface area contributed by atoms with E-state index in [-0.39, 0.29) is 30.3 Å². The molecule has 39 heavy (non-hydrogen) atoms. The van der Waals surface area contributed by atoms with Crippen LogP contribution in [0.25, 0.3) is 0 Å². The van der Waals surface area contributed by atoms with Crippen molar-refractivity contribution in [1.29, 1.82) is 0 Å². The van der Waals surface area contributed by atoms with E-state index < -0.39 is 23.8 Å². The van der Waals surface area contributed by atoms with E-state index in [1.807, 2.05) is 38.1 Å². The Morgan fingerprint density at radius 1 is 1.10 bits per heavy atom. The molecule has 2 amide bonds. The Morgan fingerprint density at radius 3 is 2.18 bits per heavy atom. The first-order valence-corrected chi connectivity index (χ1v) is 12.4. The summed E-state index contributed by atoms with van der Waals surface area (Å²) in [5.41, 5.74) is 1.25. The number of halogens is 5. The molecule has 0 aliphatic carbocycles. The smallest absolute Gasteiger partial charge is 0.490 e. The van der Waals surface area contributed by atoms with Gasteiger partial charge in [0.25, 0.3) is 0 Å². The Kier molecular flexibility index (Phi) is 11.5. The fraction of sp³-hybridized carbons (Fsp3) is 0.481. The van der Waals surface area contributed by atoms with Crippen molar-refractivity contribution >= 4 is 12.0 Å². The van der Waals surface area contributed by atoms with Crippen LogP contribution in [-0.2, 0) is 17.9 Å². The first-order chi connectivity index (χ1) is 18.2. The van der Waals surface area contributed by atoms with Gasteiger partial charge in [-0.2, -0.15) is 13.2 Å². The maximum absolute atomic E-state index is 14.7. The molecular weight excluding hydrogens is 525 g/mol. The third kappa shape index (κ3) is 10.0. The summed E-state index contributed by atoms with van der Waals surface area (Å²) in [6, 6.07) is 10.0. The van der Waals surface area contributed by atoms with Crippen molar-refractivity contribution in [1.82, 2.24) is 15.1 Å². The van der Waals surface area contributed by atoms with Gasteiger partial charge in [-0.05, 0) is 77.5 Å². The maximum atomic E-state index is 14.7. The van der Waals surface area contributed by atoms with Gasteiger partial charge in [0, 0.05) is 23.7 Å². The summed E-state index contributed by atoms with van der Waals surface area (Å²) in [5.74, 6) is -3.14. The molecule has 3 rings (SSSR count). The van der Waals surface area contributed by atoms with Crippen LogP contribution in [0.4, 0.5) is 26.7 Å². The van der Waals surface area contributed by atoms with Crippen molar-refractivity contribution in [2.75, 3.05) is 20.1 Å². The average molecular weight is 560 g/mol. The van der Waals surface area contributed by atoms with Crippen LogP contribution in [0.15, 0.2) is 36.4 Å². The molecule has 216 valence electrons. The Labute approximate surface area is 224 Å². The van der Waals surface area contributed by atoms with Crippen LogP contribution in [0.1, 0.15) is 43.4 Å². The molecule has 1 saturated heterocycles. The van der Waals surface area contributed by atoms with Gasteiger partial charge in [-0.15, -0.1) is 0 Å². The normalized spacial score (nSPS) is 14.4. The number of piperidine rings is 1. The minimum atomic E-state index is -5.08. The summed E-state index contributed by atoms with van der Waals surface area (Å²) in [6.07, 6.45) is -3.36. The molecule has 0 aromatic heterocycles. The van der Waals surface area contributed by atoms with Crippen molar-refractivity contribution in [2.24, 2.45) is 0 Å². The predicted molar refractivity (Wildman–Crippen MR) is 135 cm³/mol. The van der Waals surface area contributed by atoms with Crippen molar-refractivity contribution in [3.05, 3.63) is 64.7 Å². The van der Waals surface area contributed by atoms with E-state index in [1.165, 1.54) is 19.1 Å². The topological polar surface area (TPSA) is 82.1 Å². The quantitative estimate of drug-likeness (QED) is 0.438. The summed E-state index contributed by atoms with van der Waals surface area (Å²) >= 11 is 0. The zero-order chi connectivity index (χ0) is 29.3. The first kappa shape index (κ1) is 31.8. The SMILES string of the molecule is Cc1c(F)ccc(CN(C(=O)NCc2ccc(OC(C)C)cc2)C2CCN(C)CC2)c1F.O=C(O)C(F)(F)F. The zero-order valence-corrected chi connectivity index (χ0v) is 22.3. The molecule has 2 N–H and O–H groups in total. The van der Waals surface area contributed by atoms with Crippen molar-refractivity contribution < 1.29 is 41.4 Å². The number of carbonyl (C=O) groups is 2. The molecule has 2 aromatic rings. The fourth-order valence-electron chi connectivity index (χ4n) is 3.93. The monoisotopic (exact) mass is 559 g/mol. The number of aliphatic carboxylic acids is 1. The van der Waals surface area contributed by atoms with E-state index in [0.717, 1.165) is 37.2 Å². The highest BCUT2D eigenvalue weighted by atomic mass is 19.4. The lowest BCUT2D eigenvalue weighted by molar-refractivity contribution is -0.192. The molecule has 0 atom stereocenters. The van der Waals surface area contributed by atoms with Gasteiger partial charge in [0.2, 0.25) is 0 Å². The van der Waals surface area contributed by atoms with Crippen LogP contribution >= 0.6 is 0 Å². The van der Waals surface area contributed by atoms with Gasteiger partial charge in [0.05, 0.1) is 12.6 Å². The van der Waals surface area contributed by atoms with E-state index in [0.29, 0.717) is 12.1 Å². The summed E-state index contributed by atoms with van der Waals surface area (Å²) in [7, 11) is 2.05. The molecule has 1 aliphatic heterocycles. The molecule has 1 fully saturated rings. The highest BCUT2D eigenvalue weighted by molar-refractivity contribution is 5.74. The number of hydrogen-bond acceptors (Lipinski definition) is 4. The van der Waals surface area contributed by atoms with Crippen LogP contribution in [0, 0.1) is 18.6 Å². The van der Waals surface area contributed by atoms with Crippen LogP contribution in [0.3, 0.4) is 0 Å². The number of carbonyl (C=O) groups excluding carboxylic acids is 1. The third-order valence-electron chi connectivity index (χ3n) is 6.11. The maximum Gasteiger partial charge on any atom is 0.490 e. The summed E-state index contributed by atoms with van der Waals surface area (Å²) in [5, 5.41) is 10.1. The van der Waals surface area contributed by atoms with Crippen LogP contribution in [0.2, 0.25) is 0 Å². The van der Waals surface area contributed by atoms with Gasteiger partial charge in [-0.3, -0.25) is 0 Å². The number of nitrogens with one attached hydrogen (secondary N) is 1. The molecule has 0 saturated carbocycles.